The summed E-state index contributed by atoms with van der Waals surface area (Å²) in [6, 6.07) is 3.76. The minimum absolute atomic E-state index is 0.0474. The first-order valence-electron chi connectivity index (χ1n) is 5.73. The van der Waals surface area contributed by atoms with Crippen molar-refractivity contribution in [2.45, 2.75) is 19.3 Å². The Morgan fingerprint density at radius 2 is 1.94 bits per heavy atom. The van der Waals surface area contributed by atoms with Crippen molar-refractivity contribution in [2.24, 2.45) is 5.73 Å². The van der Waals surface area contributed by atoms with Crippen molar-refractivity contribution in [3.63, 3.8) is 0 Å². The van der Waals surface area contributed by atoms with Gasteiger partial charge in [-0.25, -0.2) is 0 Å². The number of hydrogen-bond acceptors (Lipinski definition) is 3. The van der Waals surface area contributed by atoms with Crippen LogP contribution in [0.3, 0.4) is 0 Å². The molecule has 0 bridgehead atoms. The number of nitrogens with zero attached hydrogens (tertiary/aromatic N) is 1. The predicted octanol–water partition coefficient (Wildman–Crippen LogP) is 1.05. The molecule has 0 atom stereocenters. The van der Waals surface area contributed by atoms with Crippen LogP contribution in [-0.4, -0.2) is 21.7 Å². The molecule has 0 aliphatic carbocycles. The molecule has 0 radical (unpaired) electrons. The third-order valence-corrected chi connectivity index (χ3v) is 2.73. The fourth-order valence-corrected chi connectivity index (χ4v) is 1.83. The van der Waals surface area contributed by atoms with E-state index in [9.17, 15) is 4.79 Å². The second-order valence-corrected chi connectivity index (χ2v) is 3.91. The van der Waals surface area contributed by atoms with E-state index in [0.717, 1.165) is 36.1 Å². The SMILES string of the molecule is NCCCCc1c(-c2ccncc2)[nH][nH]c1=O. The summed E-state index contributed by atoms with van der Waals surface area (Å²) in [5, 5.41) is 5.55. The van der Waals surface area contributed by atoms with Crippen molar-refractivity contribution < 1.29 is 0 Å². The highest BCUT2D eigenvalue weighted by Gasteiger charge is 2.10. The smallest absolute Gasteiger partial charge is 0.267 e. The maximum atomic E-state index is 11.7. The van der Waals surface area contributed by atoms with E-state index in [1.54, 1.807) is 12.4 Å². The molecule has 17 heavy (non-hydrogen) atoms. The Kier molecular flexibility index (Phi) is 3.72. The fraction of sp³-hybridized carbons (Fsp3) is 0.333. The highest BCUT2D eigenvalue weighted by atomic mass is 16.1. The number of rotatable bonds is 5. The lowest BCUT2D eigenvalue weighted by molar-refractivity contribution is 0.743. The molecule has 5 heteroatoms. The summed E-state index contributed by atoms with van der Waals surface area (Å²) in [7, 11) is 0. The molecular weight excluding hydrogens is 216 g/mol. The summed E-state index contributed by atoms with van der Waals surface area (Å²) >= 11 is 0. The molecule has 0 spiro atoms. The maximum absolute atomic E-state index is 11.7. The first-order chi connectivity index (χ1) is 8.33. The zero-order chi connectivity index (χ0) is 12.1. The molecule has 2 aromatic heterocycles. The van der Waals surface area contributed by atoms with Crippen molar-refractivity contribution in [2.75, 3.05) is 6.54 Å². The van der Waals surface area contributed by atoms with E-state index in [0.29, 0.717) is 6.54 Å². The second kappa shape index (κ2) is 5.45. The summed E-state index contributed by atoms with van der Waals surface area (Å²) in [4.78, 5) is 15.6. The normalized spacial score (nSPS) is 10.6. The van der Waals surface area contributed by atoms with Gasteiger partial charge in [-0.1, -0.05) is 0 Å². The Hall–Kier alpha value is -1.88. The van der Waals surface area contributed by atoms with Crippen LogP contribution in [-0.2, 0) is 6.42 Å². The number of nitrogens with one attached hydrogen (secondary N) is 2. The highest BCUT2D eigenvalue weighted by Crippen LogP contribution is 2.18. The summed E-state index contributed by atoms with van der Waals surface area (Å²) in [6.07, 6.45) is 6.03. The van der Waals surface area contributed by atoms with Gasteiger partial charge >= 0.3 is 0 Å². The third kappa shape index (κ3) is 2.62. The molecule has 0 aliphatic heterocycles. The lowest BCUT2D eigenvalue weighted by Crippen LogP contribution is -2.07. The van der Waals surface area contributed by atoms with Crippen LogP contribution in [0.5, 0.6) is 0 Å². The van der Waals surface area contributed by atoms with Gasteiger partial charge in [0.1, 0.15) is 0 Å². The summed E-state index contributed by atoms with van der Waals surface area (Å²) in [5.74, 6) is 0. The number of hydrogen-bond donors (Lipinski definition) is 3. The lowest BCUT2D eigenvalue weighted by atomic mass is 10.0. The first kappa shape index (κ1) is 11.6. The molecule has 5 nitrogen and oxygen atoms in total. The fourth-order valence-electron chi connectivity index (χ4n) is 1.83. The van der Waals surface area contributed by atoms with E-state index in [4.69, 9.17) is 5.73 Å². The average Bonchev–Trinajstić information content (AvgIpc) is 2.73. The molecule has 2 rings (SSSR count). The molecule has 0 fully saturated rings. The molecule has 0 saturated carbocycles. The van der Waals surface area contributed by atoms with Crippen molar-refractivity contribution in [1.82, 2.24) is 15.2 Å². The minimum Gasteiger partial charge on any atom is -0.330 e. The third-order valence-electron chi connectivity index (χ3n) is 2.73. The van der Waals surface area contributed by atoms with Gasteiger partial charge in [0.15, 0.2) is 0 Å². The van der Waals surface area contributed by atoms with Crippen LogP contribution in [0.25, 0.3) is 11.3 Å². The lowest BCUT2D eigenvalue weighted by Gasteiger charge is -2.01. The van der Waals surface area contributed by atoms with E-state index in [2.05, 4.69) is 15.2 Å². The van der Waals surface area contributed by atoms with Crippen LogP contribution < -0.4 is 11.3 Å². The van der Waals surface area contributed by atoms with Gasteiger partial charge in [-0.2, -0.15) is 0 Å². The van der Waals surface area contributed by atoms with Gasteiger partial charge in [-0.05, 0) is 37.9 Å². The number of aromatic nitrogens is 3. The summed E-state index contributed by atoms with van der Waals surface area (Å²) < 4.78 is 0. The van der Waals surface area contributed by atoms with E-state index in [1.807, 2.05) is 12.1 Å². The van der Waals surface area contributed by atoms with Crippen LogP contribution in [0.1, 0.15) is 18.4 Å². The topological polar surface area (TPSA) is 87.6 Å². The molecule has 0 saturated heterocycles. The van der Waals surface area contributed by atoms with Crippen LogP contribution >= 0.6 is 0 Å². The zero-order valence-electron chi connectivity index (χ0n) is 9.57. The van der Waals surface area contributed by atoms with Gasteiger partial charge in [-0.15, -0.1) is 0 Å². The van der Waals surface area contributed by atoms with Crippen molar-refractivity contribution in [3.8, 4) is 11.3 Å². The molecule has 4 N–H and O–H groups in total. The Labute approximate surface area is 99.1 Å². The number of nitrogens with two attached hydrogens (primary N) is 1. The van der Waals surface area contributed by atoms with Crippen LogP contribution in [0.4, 0.5) is 0 Å². The van der Waals surface area contributed by atoms with Crippen molar-refractivity contribution in [1.29, 1.82) is 0 Å². The molecule has 0 aromatic carbocycles. The van der Waals surface area contributed by atoms with E-state index >= 15 is 0 Å². The minimum atomic E-state index is -0.0474. The maximum Gasteiger partial charge on any atom is 0.267 e. The molecular formula is C12H16N4O. The van der Waals surface area contributed by atoms with Gasteiger partial charge in [0.25, 0.3) is 5.56 Å². The van der Waals surface area contributed by atoms with Gasteiger partial charge in [0.05, 0.1) is 5.69 Å². The molecule has 0 unspecified atom stereocenters. The second-order valence-electron chi connectivity index (χ2n) is 3.91. The highest BCUT2D eigenvalue weighted by molar-refractivity contribution is 5.61. The van der Waals surface area contributed by atoms with Gasteiger partial charge < -0.3 is 5.73 Å². The molecule has 2 heterocycles. The molecule has 90 valence electrons. The average molecular weight is 232 g/mol. The van der Waals surface area contributed by atoms with Crippen molar-refractivity contribution in [3.05, 3.63) is 40.4 Å². The van der Waals surface area contributed by atoms with Crippen LogP contribution in [0, 0.1) is 0 Å². The number of pyridine rings is 1. The number of H-pyrrole nitrogens is 2. The van der Waals surface area contributed by atoms with Crippen molar-refractivity contribution >= 4 is 0 Å². The molecule has 2 aromatic rings. The van der Waals surface area contributed by atoms with Crippen LogP contribution in [0.2, 0.25) is 0 Å². The van der Waals surface area contributed by atoms with Crippen LogP contribution in [0.15, 0.2) is 29.3 Å². The van der Waals surface area contributed by atoms with E-state index < -0.39 is 0 Å². The predicted molar refractivity (Wildman–Crippen MR) is 66.6 cm³/mol. The Bertz CT molecular complexity index is 515. The number of unbranched alkanes of at least 4 members (excludes halogenated alkanes) is 1. The molecule has 0 aliphatic rings. The molecule has 0 amide bonds. The van der Waals surface area contributed by atoms with E-state index in [-0.39, 0.29) is 5.56 Å². The summed E-state index contributed by atoms with van der Waals surface area (Å²) in [5.41, 5.74) is 8.03. The quantitative estimate of drug-likeness (QED) is 0.673. The monoisotopic (exact) mass is 232 g/mol. The van der Waals surface area contributed by atoms with Gasteiger partial charge in [-0.3, -0.25) is 20.0 Å². The van der Waals surface area contributed by atoms with Gasteiger partial charge in [0, 0.05) is 23.5 Å². The number of aromatic amines is 2. The Morgan fingerprint density at radius 3 is 2.65 bits per heavy atom. The Morgan fingerprint density at radius 1 is 1.18 bits per heavy atom. The van der Waals surface area contributed by atoms with Gasteiger partial charge in [0.2, 0.25) is 0 Å². The summed E-state index contributed by atoms with van der Waals surface area (Å²) in [6.45, 7) is 0.660. The first-order valence-corrected chi connectivity index (χ1v) is 5.73. The standard InChI is InChI=1S/C12H16N4O/c13-6-2-1-3-10-11(15-16-12(10)17)9-4-7-14-8-5-9/h4-5,7-8H,1-3,6,13H2,(H2,15,16,17). The largest absolute Gasteiger partial charge is 0.330 e. The van der Waals surface area contributed by atoms with E-state index in [1.165, 1.54) is 0 Å². The zero-order valence-corrected chi connectivity index (χ0v) is 9.57. The Balaban J connectivity index is 2.26.